The van der Waals surface area contributed by atoms with Gasteiger partial charge >= 0.3 is 0 Å². The highest BCUT2D eigenvalue weighted by Crippen LogP contribution is 2.47. The molecule has 4 heteroatoms. The van der Waals surface area contributed by atoms with E-state index in [4.69, 9.17) is 0 Å². The molecule has 0 N–H and O–H groups in total. The van der Waals surface area contributed by atoms with Crippen molar-refractivity contribution < 1.29 is 4.79 Å². The highest BCUT2D eigenvalue weighted by Gasteiger charge is 2.49. The summed E-state index contributed by atoms with van der Waals surface area (Å²) in [5.74, 6) is 0.182. The molecular weight excluding hydrogens is 280 g/mol. The van der Waals surface area contributed by atoms with Crippen LogP contribution in [-0.2, 0) is 4.79 Å². The van der Waals surface area contributed by atoms with E-state index in [1.807, 2.05) is 42.2 Å². The third-order valence-electron chi connectivity index (χ3n) is 4.00. The number of rotatable bonds is 5. The van der Waals surface area contributed by atoms with E-state index in [0.717, 1.165) is 35.7 Å². The van der Waals surface area contributed by atoms with Gasteiger partial charge in [-0.2, -0.15) is 0 Å². The molecule has 0 bridgehead atoms. The van der Waals surface area contributed by atoms with Gasteiger partial charge in [0.05, 0.1) is 12.0 Å². The van der Waals surface area contributed by atoms with Crippen LogP contribution in [0.15, 0.2) is 35.7 Å². The summed E-state index contributed by atoms with van der Waals surface area (Å²) in [6.45, 7) is 5.00. The summed E-state index contributed by atoms with van der Waals surface area (Å²) in [7, 11) is 0. The second-order valence-corrected chi connectivity index (χ2v) is 6.44. The molecule has 0 aliphatic carbocycles. The van der Waals surface area contributed by atoms with Crippen LogP contribution in [0.2, 0.25) is 0 Å². The third kappa shape index (κ3) is 2.60. The summed E-state index contributed by atoms with van der Waals surface area (Å²) in [6, 6.07) is 10.2. The molecule has 2 heterocycles. The van der Waals surface area contributed by atoms with Gasteiger partial charge in [0, 0.05) is 17.6 Å². The number of amides is 1. The Bertz CT molecular complexity index is 623. The lowest BCUT2D eigenvalue weighted by Crippen LogP contribution is -2.53. The Morgan fingerprint density at radius 3 is 2.67 bits per heavy atom. The number of unbranched alkanes of at least 4 members (excludes halogenated alkanes) is 1. The first kappa shape index (κ1) is 14.3. The molecule has 3 nitrogen and oxygen atoms in total. The predicted octanol–water partition coefficient (Wildman–Crippen LogP) is 3.92. The molecule has 0 spiro atoms. The van der Waals surface area contributed by atoms with Crippen molar-refractivity contribution in [3.05, 3.63) is 52.0 Å². The average Bonchev–Trinajstić information content (AvgIpc) is 2.91. The molecule has 1 amide bonds. The van der Waals surface area contributed by atoms with Gasteiger partial charge in [0.15, 0.2) is 0 Å². The van der Waals surface area contributed by atoms with Crippen molar-refractivity contribution in [2.24, 2.45) is 0 Å². The Labute approximate surface area is 129 Å². The first-order chi connectivity index (χ1) is 10.2. The van der Waals surface area contributed by atoms with Crippen molar-refractivity contribution in [1.29, 1.82) is 0 Å². The molecule has 1 aliphatic heterocycles. The second-order valence-electron chi connectivity index (χ2n) is 5.55. The van der Waals surface area contributed by atoms with Crippen LogP contribution >= 0.6 is 11.3 Å². The Hall–Kier alpha value is -1.68. The third-order valence-corrected chi connectivity index (χ3v) is 5.03. The number of hydrogen-bond donors (Lipinski definition) is 0. The molecule has 21 heavy (non-hydrogen) atoms. The maximum atomic E-state index is 12.6. The standard InChI is InChI=1S/C17H20N2OS/c1-3-4-10-19-15(16-18-12(2)11-21-16)14(17(19)20)13-8-6-5-7-9-13/h5-9,11,14-15H,3-4,10H2,1-2H3. The molecule has 2 atom stereocenters. The lowest BCUT2D eigenvalue weighted by molar-refractivity contribution is -0.150. The Kier molecular flexibility index (Phi) is 4.06. The molecule has 1 aromatic carbocycles. The van der Waals surface area contributed by atoms with Gasteiger partial charge in [0.2, 0.25) is 5.91 Å². The van der Waals surface area contributed by atoms with E-state index in [1.54, 1.807) is 11.3 Å². The highest BCUT2D eigenvalue weighted by molar-refractivity contribution is 7.09. The smallest absolute Gasteiger partial charge is 0.233 e. The topological polar surface area (TPSA) is 33.2 Å². The summed E-state index contributed by atoms with van der Waals surface area (Å²) < 4.78 is 0. The SMILES string of the molecule is CCCCN1C(=O)C(c2ccccc2)C1c1nc(C)cs1. The van der Waals surface area contributed by atoms with Gasteiger partial charge in [0.1, 0.15) is 5.01 Å². The molecule has 0 radical (unpaired) electrons. The normalized spacial score (nSPS) is 21.4. The number of likely N-dealkylation sites (tertiary alicyclic amines) is 1. The predicted molar refractivity (Wildman–Crippen MR) is 85.4 cm³/mol. The van der Waals surface area contributed by atoms with Crippen molar-refractivity contribution >= 4 is 17.2 Å². The highest BCUT2D eigenvalue weighted by atomic mass is 32.1. The van der Waals surface area contributed by atoms with Gasteiger partial charge in [0.25, 0.3) is 0 Å². The number of nitrogens with zero attached hydrogens (tertiary/aromatic N) is 2. The van der Waals surface area contributed by atoms with Crippen molar-refractivity contribution in [3.8, 4) is 0 Å². The van der Waals surface area contributed by atoms with Crippen LogP contribution in [0, 0.1) is 6.92 Å². The van der Waals surface area contributed by atoms with Gasteiger partial charge in [-0.1, -0.05) is 43.7 Å². The van der Waals surface area contributed by atoms with Gasteiger partial charge < -0.3 is 4.90 Å². The number of hydrogen-bond acceptors (Lipinski definition) is 3. The van der Waals surface area contributed by atoms with E-state index in [0.29, 0.717) is 0 Å². The van der Waals surface area contributed by atoms with Crippen molar-refractivity contribution in [2.75, 3.05) is 6.54 Å². The first-order valence-corrected chi connectivity index (χ1v) is 8.37. The molecule has 3 rings (SSSR count). The number of aryl methyl sites for hydroxylation is 1. The van der Waals surface area contributed by atoms with Crippen LogP contribution in [0.25, 0.3) is 0 Å². The largest absolute Gasteiger partial charge is 0.331 e. The summed E-state index contributed by atoms with van der Waals surface area (Å²) in [5.41, 5.74) is 2.14. The van der Waals surface area contributed by atoms with E-state index in [2.05, 4.69) is 17.3 Å². The Morgan fingerprint density at radius 1 is 1.29 bits per heavy atom. The van der Waals surface area contributed by atoms with Gasteiger partial charge in [-0.25, -0.2) is 4.98 Å². The fraction of sp³-hybridized carbons (Fsp3) is 0.412. The van der Waals surface area contributed by atoms with E-state index < -0.39 is 0 Å². The number of thiazole rings is 1. The number of benzene rings is 1. The van der Waals surface area contributed by atoms with Crippen LogP contribution in [0.1, 0.15) is 48.0 Å². The number of carbonyl (C=O) groups is 1. The van der Waals surface area contributed by atoms with E-state index in [9.17, 15) is 4.79 Å². The lowest BCUT2D eigenvalue weighted by atomic mass is 9.81. The minimum Gasteiger partial charge on any atom is -0.331 e. The zero-order chi connectivity index (χ0) is 14.8. The summed E-state index contributed by atoms with van der Waals surface area (Å²) >= 11 is 1.67. The number of carbonyl (C=O) groups excluding carboxylic acids is 1. The molecule has 0 saturated carbocycles. The van der Waals surface area contributed by atoms with Crippen LogP contribution < -0.4 is 0 Å². The van der Waals surface area contributed by atoms with E-state index >= 15 is 0 Å². The monoisotopic (exact) mass is 300 g/mol. The fourth-order valence-electron chi connectivity index (χ4n) is 2.90. The maximum absolute atomic E-state index is 12.6. The van der Waals surface area contributed by atoms with Crippen LogP contribution in [0.4, 0.5) is 0 Å². The van der Waals surface area contributed by atoms with Crippen LogP contribution in [0.3, 0.4) is 0 Å². The average molecular weight is 300 g/mol. The van der Waals surface area contributed by atoms with Crippen LogP contribution in [-0.4, -0.2) is 22.3 Å². The zero-order valence-corrected chi connectivity index (χ0v) is 13.3. The quantitative estimate of drug-likeness (QED) is 0.784. The first-order valence-electron chi connectivity index (χ1n) is 7.50. The van der Waals surface area contributed by atoms with Crippen molar-refractivity contribution in [3.63, 3.8) is 0 Å². The zero-order valence-electron chi connectivity index (χ0n) is 12.5. The van der Waals surface area contributed by atoms with Gasteiger partial charge in [-0.15, -0.1) is 11.3 Å². The lowest BCUT2D eigenvalue weighted by Gasteiger charge is -2.46. The second kappa shape index (κ2) is 5.98. The molecule has 1 fully saturated rings. The van der Waals surface area contributed by atoms with Gasteiger partial charge in [-0.05, 0) is 18.9 Å². The molecular formula is C17H20N2OS. The fourth-order valence-corrected chi connectivity index (χ4v) is 3.84. The molecule has 1 saturated heterocycles. The summed E-state index contributed by atoms with van der Waals surface area (Å²) in [6.07, 6.45) is 2.15. The van der Waals surface area contributed by atoms with Crippen LogP contribution in [0.5, 0.6) is 0 Å². The van der Waals surface area contributed by atoms with E-state index in [-0.39, 0.29) is 17.9 Å². The summed E-state index contributed by atoms with van der Waals surface area (Å²) in [4.78, 5) is 19.2. The van der Waals surface area contributed by atoms with Crippen molar-refractivity contribution in [2.45, 2.75) is 38.6 Å². The molecule has 2 aromatic rings. The summed E-state index contributed by atoms with van der Waals surface area (Å²) in [5, 5.41) is 3.13. The Balaban J connectivity index is 1.90. The minimum atomic E-state index is -0.0615. The van der Waals surface area contributed by atoms with Gasteiger partial charge in [-0.3, -0.25) is 4.79 Å². The number of aromatic nitrogens is 1. The molecule has 1 aliphatic rings. The Morgan fingerprint density at radius 2 is 2.05 bits per heavy atom. The number of β-lactam (4-membered cyclic amide) rings is 1. The van der Waals surface area contributed by atoms with Crippen molar-refractivity contribution in [1.82, 2.24) is 9.88 Å². The van der Waals surface area contributed by atoms with E-state index in [1.165, 1.54) is 0 Å². The minimum absolute atomic E-state index is 0.0615. The molecule has 110 valence electrons. The molecule has 1 aromatic heterocycles. The maximum Gasteiger partial charge on any atom is 0.233 e. The molecule has 2 unspecified atom stereocenters.